The van der Waals surface area contributed by atoms with Gasteiger partial charge in [-0.3, -0.25) is 4.98 Å². The van der Waals surface area contributed by atoms with Gasteiger partial charge < -0.3 is 4.57 Å². The molecule has 0 fully saturated rings. The molecule has 3 rings (SSSR count). The first-order valence-electron chi connectivity index (χ1n) is 5.93. The van der Waals surface area contributed by atoms with Crippen LogP contribution in [0, 0.1) is 11.6 Å². The third-order valence-corrected chi connectivity index (χ3v) is 3.94. The van der Waals surface area contributed by atoms with Crippen LogP contribution in [0.4, 0.5) is 8.78 Å². The summed E-state index contributed by atoms with van der Waals surface area (Å²) in [5, 5.41) is -0.405. The van der Waals surface area contributed by atoms with E-state index >= 15 is 0 Å². The lowest BCUT2D eigenvalue weighted by Gasteiger charge is -2.09. The third kappa shape index (κ3) is 2.19. The molecule has 2 aromatic heterocycles. The van der Waals surface area contributed by atoms with Gasteiger partial charge in [-0.25, -0.2) is 13.8 Å². The highest BCUT2D eigenvalue weighted by molar-refractivity contribution is 7.09. The van der Waals surface area contributed by atoms with Crippen LogP contribution in [0.1, 0.15) is 23.0 Å². The van der Waals surface area contributed by atoms with Gasteiger partial charge in [-0.15, -0.1) is 22.9 Å². The summed E-state index contributed by atoms with van der Waals surface area (Å²) < 4.78 is 29.1. The van der Waals surface area contributed by atoms with Crippen LogP contribution < -0.4 is 0 Å². The SMILES string of the molecule is CC(Cl)c1nc2ccc(F)c(F)c2n1Cc1cncs1. The number of hydrogen-bond donors (Lipinski definition) is 0. The Morgan fingerprint density at radius 3 is 2.85 bits per heavy atom. The second kappa shape index (κ2) is 5.10. The summed E-state index contributed by atoms with van der Waals surface area (Å²) in [6.07, 6.45) is 1.69. The predicted octanol–water partition coefficient (Wildman–Crippen LogP) is 4.12. The molecule has 1 aromatic carbocycles. The molecule has 0 aliphatic rings. The van der Waals surface area contributed by atoms with Gasteiger partial charge in [0.15, 0.2) is 11.6 Å². The highest BCUT2D eigenvalue weighted by Gasteiger charge is 2.20. The lowest BCUT2D eigenvalue weighted by atomic mass is 10.3. The van der Waals surface area contributed by atoms with Gasteiger partial charge in [-0.2, -0.15) is 0 Å². The van der Waals surface area contributed by atoms with Gasteiger partial charge in [-0.1, -0.05) is 0 Å². The molecule has 0 bridgehead atoms. The Morgan fingerprint density at radius 1 is 1.40 bits per heavy atom. The maximum absolute atomic E-state index is 14.1. The average Bonchev–Trinajstić information content (AvgIpc) is 3.02. The molecule has 1 atom stereocenters. The van der Waals surface area contributed by atoms with Crippen molar-refractivity contribution >= 4 is 34.0 Å². The average molecular weight is 314 g/mol. The van der Waals surface area contributed by atoms with E-state index in [2.05, 4.69) is 9.97 Å². The van der Waals surface area contributed by atoms with Crippen LogP contribution in [0.25, 0.3) is 11.0 Å². The first-order chi connectivity index (χ1) is 9.58. The Bertz CT molecular complexity index is 753. The first-order valence-corrected chi connectivity index (χ1v) is 7.25. The fraction of sp³-hybridized carbons (Fsp3) is 0.231. The molecule has 0 radical (unpaired) electrons. The number of thiazole rings is 1. The van der Waals surface area contributed by atoms with Crippen LogP contribution in [0.5, 0.6) is 0 Å². The van der Waals surface area contributed by atoms with E-state index in [1.165, 1.54) is 17.4 Å². The van der Waals surface area contributed by atoms with Crippen molar-refractivity contribution in [2.24, 2.45) is 0 Å². The maximum Gasteiger partial charge on any atom is 0.184 e. The van der Waals surface area contributed by atoms with Crippen LogP contribution >= 0.6 is 22.9 Å². The number of rotatable bonds is 3. The van der Waals surface area contributed by atoms with Gasteiger partial charge in [0.05, 0.1) is 22.9 Å². The molecular formula is C13H10ClF2N3S. The molecule has 3 aromatic rings. The molecule has 1 unspecified atom stereocenters. The Kier molecular flexibility index (Phi) is 3.43. The second-order valence-corrected chi connectivity index (χ2v) is 5.99. The van der Waals surface area contributed by atoms with Crippen molar-refractivity contribution in [2.45, 2.75) is 18.8 Å². The first kappa shape index (κ1) is 13.5. The fourth-order valence-electron chi connectivity index (χ4n) is 2.11. The van der Waals surface area contributed by atoms with Gasteiger partial charge in [0, 0.05) is 11.1 Å². The van der Waals surface area contributed by atoms with Crippen molar-refractivity contribution < 1.29 is 8.78 Å². The summed E-state index contributed by atoms with van der Waals surface area (Å²) in [5.74, 6) is -1.28. The molecule has 20 heavy (non-hydrogen) atoms. The lowest BCUT2D eigenvalue weighted by Crippen LogP contribution is -2.06. The monoisotopic (exact) mass is 313 g/mol. The number of aromatic nitrogens is 3. The van der Waals surface area contributed by atoms with Crippen molar-refractivity contribution in [3.05, 3.63) is 46.2 Å². The summed E-state index contributed by atoms with van der Waals surface area (Å²) >= 11 is 7.54. The van der Waals surface area contributed by atoms with E-state index < -0.39 is 17.0 Å². The van der Waals surface area contributed by atoms with Gasteiger partial charge in [0.25, 0.3) is 0 Å². The third-order valence-electron chi connectivity index (χ3n) is 2.98. The quantitative estimate of drug-likeness (QED) is 0.681. The topological polar surface area (TPSA) is 30.7 Å². The number of nitrogens with zero attached hydrogens (tertiary/aromatic N) is 3. The summed E-state index contributed by atoms with van der Waals surface area (Å²) in [7, 11) is 0. The van der Waals surface area contributed by atoms with E-state index in [0.717, 1.165) is 10.9 Å². The molecule has 3 nitrogen and oxygen atoms in total. The molecular weight excluding hydrogens is 304 g/mol. The van der Waals surface area contributed by atoms with Crippen LogP contribution in [0.2, 0.25) is 0 Å². The fourth-order valence-corrected chi connectivity index (χ4v) is 2.86. The Hall–Kier alpha value is -1.53. The van der Waals surface area contributed by atoms with E-state index in [0.29, 0.717) is 17.9 Å². The summed E-state index contributed by atoms with van der Waals surface area (Å²) in [6, 6.07) is 2.53. The largest absolute Gasteiger partial charge is 0.319 e. The normalized spacial score (nSPS) is 13.0. The molecule has 0 spiro atoms. The number of hydrogen-bond acceptors (Lipinski definition) is 3. The summed E-state index contributed by atoms with van der Waals surface area (Å²) in [5.41, 5.74) is 2.23. The number of imidazole rings is 1. The van der Waals surface area contributed by atoms with Crippen molar-refractivity contribution in [2.75, 3.05) is 0 Å². The molecule has 0 saturated heterocycles. The smallest absolute Gasteiger partial charge is 0.184 e. The predicted molar refractivity (Wildman–Crippen MR) is 75.1 cm³/mol. The van der Waals surface area contributed by atoms with Gasteiger partial charge >= 0.3 is 0 Å². The zero-order valence-electron chi connectivity index (χ0n) is 10.5. The zero-order chi connectivity index (χ0) is 14.3. The van der Waals surface area contributed by atoms with E-state index in [-0.39, 0.29) is 5.52 Å². The molecule has 7 heteroatoms. The molecule has 104 valence electrons. The van der Waals surface area contributed by atoms with Crippen LogP contribution in [0.3, 0.4) is 0 Å². The van der Waals surface area contributed by atoms with Crippen LogP contribution in [-0.4, -0.2) is 14.5 Å². The van der Waals surface area contributed by atoms with Crippen LogP contribution in [0.15, 0.2) is 23.8 Å². The summed E-state index contributed by atoms with van der Waals surface area (Å²) in [6.45, 7) is 2.12. The molecule has 0 amide bonds. The Labute approximate surface area is 122 Å². The van der Waals surface area contributed by atoms with Crippen molar-refractivity contribution in [1.82, 2.24) is 14.5 Å². The lowest BCUT2D eigenvalue weighted by molar-refractivity contribution is 0.512. The molecule has 2 heterocycles. The van der Waals surface area contributed by atoms with Gasteiger partial charge in [0.1, 0.15) is 11.3 Å². The van der Waals surface area contributed by atoms with Crippen LogP contribution in [-0.2, 0) is 6.54 Å². The minimum absolute atomic E-state index is 0.140. The number of alkyl halides is 1. The standard InChI is InChI=1S/C13H10ClF2N3S/c1-7(14)13-18-10-3-2-9(15)11(16)12(10)19(13)5-8-4-17-6-20-8/h2-4,6-7H,5H2,1H3. The van der Waals surface area contributed by atoms with Crippen molar-refractivity contribution in [3.63, 3.8) is 0 Å². The van der Waals surface area contributed by atoms with Gasteiger partial charge in [-0.05, 0) is 19.1 Å². The van der Waals surface area contributed by atoms with Gasteiger partial charge in [0.2, 0.25) is 0 Å². The van der Waals surface area contributed by atoms with Crippen molar-refractivity contribution in [1.29, 1.82) is 0 Å². The minimum atomic E-state index is -0.900. The zero-order valence-corrected chi connectivity index (χ0v) is 12.1. The second-order valence-electron chi connectivity index (χ2n) is 4.37. The number of benzene rings is 1. The highest BCUT2D eigenvalue weighted by Crippen LogP contribution is 2.28. The van der Waals surface area contributed by atoms with E-state index in [4.69, 9.17) is 11.6 Å². The Morgan fingerprint density at radius 2 is 2.20 bits per heavy atom. The molecule has 0 N–H and O–H groups in total. The Balaban J connectivity index is 2.25. The highest BCUT2D eigenvalue weighted by atomic mass is 35.5. The number of halogens is 3. The molecule has 0 aliphatic heterocycles. The maximum atomic E-state index is 14.1. The van der Waals surface area contributed by atoms with E-state index in [1.807, 2.05) is 0 Å². The van der Waals surface area contributed by atoms with Crippen molar-refractivity contribution in [3.8, 4) is 0 Å². The summed E-state index contributed by atoms with van der Waals surface area (Å²) in [4.78, 5) is 9.21. The molecule has 0 aliphatic carbocycles. The van der Waals surface area contributed by atoms with E-state index in [9.17, 15) is 8.78 Å². The molecule has 0 saturated carbocycles. The minimum Gasteiger partial charge on any atom is -0.319 e. The number of fused-ring (bicyclic) bond motifs is 1. The van der Waals surface area contributed by atoms with E-state index in [1.54, 1.807) is 23.2 Å².